The second-order valence-corrected chi connectivity index (χ2v) is 4.83. The van der Waals surface area contributed by atoms with Crippen LogP contribution in [0.4, 0.5) is 22.0 Å². The molecule has 0 saturated carbocycles. The summed E-state index contributed by atoms with van der Waals surface area (Å²) in [6, 6.07) is 8.54. The first-order chi connectivity index (χ1) is 11.3. The van der Waals surface area contributed by atoms with Crippen molar-refractivity contribution >= 4 is 5.91 Å². The van der Waals surface area contributed by atoms with E-state index in [-0.39, 0.29) is 12.3 Å². The Morgan fingerprint density at radius 2 is 1.58 bits per heavy atom. The molecule has 0 fully saturated rings. The van der Waals surface area contributed by atoms with Crippen LogP contribution < -0.4 is 10.1 Å². The fraction of sp³-hybridized carbons (Fsp3) is 0.188. The van der Waals surface area contributed by atoms with Crippen molar-refractivity contribution in [2.24, 2.45) is 0 Å². The first-order valence-corrected chi connectivity index (χ1v) is 6.77. The lowest BCUT2D eigenvalue weighted by molar-refractivity contribution is -0.153. The van der Waals surface area contributed by atoms with E-state index >= 15 is 0 Å². The van der Waals surface area contributed by atoms with Crippen molar-refractivity contribution in [1.29, 1.82) is 0 Å². The molecule has 24 heavy (non-hydrogen) atoms. The van der Waals surface area contributed by atoms with Crippen LogP contribution >= 0.6 is 0 Å². The minimum atomic E-state index is -4.43. The molecule has 3 nitrogen and oxygen atoms in total. The molecule has 0 bridgehead atoms. The molecule has 1 N–H and O–H groups in total. The van der Waals surface area contributed by atoms with Crippen molar-refractivity contribution < 1.29 is 31.5 Å². The lowest BCUT2D eigenvalue weighted by Gasteiger charge is -2.10. The standard InChI is InChI=1S/C16H12F5NO2/c17-12-2-1-3-13(18)14(12)15(23)22-8-10-4-6-11(7-5-10)24-9-16(19,20)21/h1-7H,8-9H2,(H,22,23). The van der Waals surface area contributed by atoms with Gasteiger partial charge in [-0.15, -0.1) is 0 Å². The minimum absolute atomic E-state index is 0.0162. The Balaban J connectivity index is 1.94. The molecule has 8 heteroatoms. The van der Waals surface area contributed by atoms with Gasteiger partial charge in [-0.1, -0.05) is 18.2 Å². The Bertz CT molecular complexity index is 693. The van der Waals surface area contributed by atoms with Crippen LogP contribution in [-0.4, -0.2) is 18.7 Å². The number of hydrogen-bond acceptors (Lipinski definition) is 2. The van der Waals surface area contributed by atoms with E-state index in [0.29, 0.717) is 5.56 Å². The number of rotatable bonds is 5. The smallest absolute Gasteiger partial charge is 0.422 e. The van der Waals surface area contributed by atoms with Gasteiger partial charge in [0.25, 0.3) is 5.91 Å². The molecule has 0 aliphatic rings. The monoisotopic (exact) mass is 345 g/mol. The Labute approximate surface area is 134 Å². The number of carbonyl (C=O) groups excluding carboxylic acids is 1. The third kappa shape index (κ3) is 4.94. The summed E-state index contributed by atoms with van der Waals surface area (Å²) in [5.74, 6) is -2.88. The SMILES string of the molecule is O=C(NCc1ccc(OCC(F)(F)F)cc1)c1c(F)cccc1F. The van der Waals surface area contributed by atoms with Gasteiger partial charge in [-0.25, -0.2) is 8.78 Å². The normalized spacial score (nSPS) is 11.2. The van der Waals surface area contributed by atoms with Crippen LogP contribution in [0, 0.1) is 11.6 Å². The van der Waals surface area contributed by atoms with Gasteiger partial charge >= 0.3 is 6.18 Å². The van der Waals surface area contributed by atoms with Gasteiger partial charge in [-0.3, -0.25) is 4.79 Å². The van der Waals surface area contributed by atoms with E-state index in [2.05, 4.69) is 10.1 Å². The third-order valence-electron chi connectivity index (χ3n) is 2.97. The molecule has 0 unspecified atom stereocenters. The lowest BCUT2D eigenvalue weighted by Crippen LogP contribution is -2.25. The number of hydrogen-bond donors (Lipinski definition) is 1. The van der Waals surface area contributed by atoms with Crippen LogP contribution in [0.3, 0.4) is 0 Å². The molecule has 0 radical (unpaired) electrons. The Kier molecular flexibility index (Phi) is 5.38. The fourth-order valence-electron chi connectivity index (χ4n) is 1.85. The second-order valence-electron chi connectivity index (χ2n) is 4.83. The molecule has 2 aromatic rings. The number of ether oxygens (including phenoxy) is 1. The summed E-state index contributed by atoms with van der Waals surface area (Å²) >= 11 is 0. The van der Waals surface area contributed by atoms with Crippen LogP contribution in [0.2, 0.25) is 0 Å². The zero-order chi connectivity index (χ0) is 17.7. The van der Waals surface area contributed by atoms with Gasteiger partial charge in [-0.2, -0.15) is 13.2 Å². The zero-order valence-electron chi connectivity index (χ0n) is 12.2. The molecule has 0 aromatic heterocycles. The fourth-order valence-corrected chi connectivity index (χ4v) is 1.85. The Hall–Kier alpha value is -2.64. The molecule has 0 heterocycles. The van der Waals surface area contributed by atoms with Gasteiger partial charge in [0.1, 0.15) is 22.9 Å². The number of nitrogens with one attached hydrogen (secondary N) is 1. The maximum Gasteiger partial charge on any atom is 0.422 e. The number of alkyl halides is 3. The molecular weight excluding hydrogens is 333 g/mol. The molecule has 0 saturated heterocycles. The highest BCUT2D eigenvalue weighted by molar-refractivity contribution is 5.94. The van der Waals surface area contributed by atoms with Crippen molar-refractivity contribution in [2.45, 2.75) is 12.7 Å². The summed E-state index contributed by atoms with van der Waals surface area (Å²) in [5.41, 5.74) is -0.165. The first kappa shape index (κ1) is 17.7. The van der Waals surface area contributed by atoms with Crippen molar-refractivity contribution in [3.8, 4) is 5.75 Å². The van der Waals surface area contributed by atoms with Crippen molar-refractivity contribution in [3.05, 3.63) is 65.2 Å². The summed E-state index contributed by atoms with van der Waals surface area (Å²) < 4.78 is 67.5. The second kappa shape index (κ2) is 7.29. The number of carbonyl (C=O) groups is 1. The highest BCUT2D eigenvalue weighted by Crippen LogP contribution is 2.19. The van der Waals surface area contributed by atoms with Crippen LogP contribution in [0.15, 0.2) is 42.5 Å². The van der Waals surface area contributed by atoms with E-state index in [1.165, 1.54) is 24.3 Å². The minimum Gasteiger partial charge on any atom is -0.484 e. The molecule has 0 atom stereocenters. The van der Waals surface area contributed by atoms with Crippen molar-refractivity contribution in [2.75, 3.05) is 6.61 Å². The van der Waals surface area contributed by atoms with E-state index in [1.54, 1.807) is 0 Å². The molecule has 128 valence electrons. The topological polar surface area (TPSA) is 38.3 Å². The molecule has 2 aromatic carbocycles. The molecule has 1 amide bonds. The van der Waals surface area contributed by atoms with E-state index in [0.717, 1.165) is 18.2 Å². The van der Waals surface area contributed by atoms with E-state index in [9.17, 15) is 26.7 Å². The van der Waals surface area contributed by atoms with Crippen LogP contribution in [-0.2, 0) is 6.54 Å². The predicted octanol–water partition coefficient (Wildman–Crippen LogP) is 3.84. The molecular formula is C16H12F5NO2. The Morgan fingerprint density at radius 1 is 1.00 bits per heavy atom. The van der Waals surface area contributed by atoms with Gasteiger partial charge in [0.05, 0.1) is 0 Å². The zero-order valence-corrected chi connectivity index (χ0v) is 12.2. The third-order valence-corrected chi connectivity index (χ3v) is 2.97. The van der Waals surface area contributed by atoms with E-state index < -0.39 is 35.9 Å². The van der Waals surface area contributed by atoms with Crippen LogP contribution in [0.1, 0.15) is 15.9 Å². The van der Waals surface area contributed by atoms with E-state index in [1.807, 2.05) is 0 Å². The summed E-state index contributed by atoms with van der Waals surface area (Å²) in [5, 5.41) is 2.33. The number of halogens is 5. The van der Waals surface area contributed by atoms with Crippen LogP contribution in [0.5, 0.6) is 5.75 Å². The van der Waals surface area contributed by atoms with E-state index in [4.69, 9.17) is 0 Å². The maximum atomic E-state index is 13.5. The van der Waals surface area contributed by atoms with Crippen LogP contribution in [0.25, 0.3) is 0 Å². The first-order valence-electron chi connectivity index (χ1n) is 6.77. The molecule has 0 spiro atoms. The van der Waals surface area contributed by atoms with Crippen molar-refractivity contribution in [1.82, 2.24) is 5.32 Å². The largest absolute Gasteiger partial charge is 0.484 e. The van der Waals surface area contributed by atoms with Gasteiger partial charge < -0.3 is 10.1 Å². The number of benzene rings is 2. The van der Waals surface area contributed by atoms with Crippen molar-refractivity contribution in [3.63, 3.8) is 0 Å². The molecule has 0 aliphatic heterocycles. The number of amides is 1. The summed E-state index contributed by atoms with van der Waals surface area (Å²) in [7, 11) is 0. The maximum absolute atomic E-state index is 13.5. The summed E-state index contributed by atoms with van der Waals surface area (Å²) in [4.78, 5) is 11.8. The van der Waals surface area contributed by atoms with Gasteiger partial charge in [-0.05, 0) is 29.8 Å². The van der Waals surface area contributed by atoms with Gasteiger partial charge in [0.15, 0.2) is 6.61 Å². The average Bonchev–Trinajstić information content (AvgIpc) is 2.51. The average molecular weight is 345 g/mol. The molecule has 2 rings (SSSR count). The lowest BCUT2D eigenvalue weighted by atomic mass is 10.1. The highest BCUT2D eigenvalue weighted by Gasteiger charge is 2.28. The molecule has 0 aliphatic carbocycles. The Morgan fingerprint density at radius 3 is 2.12 bits per heavy atom. The van der Waals surface area contributed by atoms with Gasteiger partial charge in [0, 0.05) is 6.54 Å². The van der Waals surface area contributed by atoms with Gasteiger partial charge in [0.2, 0.25) is 0 Å². The summed E-state index contributed by atoms with van der Waals surface area (Å²) in [6.07, 6.45) is -4.43. The highest BCUT2D eigenvalue weighted by atomic mass is 19.4. The predicted molar refractivity (Wildman–Crippen MR) is 75.5 cm³/mol. The summed E-state index contributed by atoms with van der Waals surface area (Å²) in [6.45, 7) is -1.46. The quantitative estimate of drug-likeness (QED) is 0.837.